The normalized spacial score (nSPS) is 21.1. The lowest BCUT2D eigenvalue weighted by Gasteiger charge is -2.45. The molecule has 1 aliphatic carbocycles. The maximum Gasteiger partial charge on any atom is 0.407 e. The van der Waals surface area contributed by atoms with Crippen LogP contribution in [0, 0.1) is 0 Å². The van der Waals surface area contributed by atoms with Crippen LogP contribution in [0.25, 0.3) is 0 Å². The van der Waals surface area contributed by atoms with Gasteiger partial charge in [0.25, 0.3) is 0 Å². The molecule has 1 unspecified atom stereocenters. The van der Waals surface area contributed by atoms with Crippen LogP contribution in [0.2, 0.25) is 0 Å². The van der Waals surface area contributed by atoms with Crippen molar-refractivity contribution in [2.24, 2.45) is 4.99 Å². The molecule has 140 valence electrons. The van der Waals surface area contributed by atoms with Gasteiger partial charge >= 0.3 is 6.09 Å². The van der Waals surface area contributed by atoms with Gasteiger partial charge in [-0.2, -0.15) is 0 Å². The molecule has 1 heterocycles. The lowest BCUT2D eigenvalue weighted by atomic mass is 9.64. The number of piperidine rings is 1. The highest BCUT2D eigenvalue weighted by Gasteiger charge is 2.41. The smallest absolute Gasteiger partial charge is 0.407 e. The molecule has 0 saturated carbocycles. The van der Waals surface area contributed by atoms with Gasteiger partial charge in [0.2, 0.25) is 0 Å². The molecule has 1 fully saturated rings. The van der Waals surface area contributed by atoms with Gasteiger partial charge in [-0.05, 0) is 54.7 Å². The molecule has 2 aromatic rings. The molecule has 1 atom stereocenters. The minimum absolute atomic E-state index is 0.0948. The number of rotatable bonds is 2. The summed E-state index contributed by atoms with van der Waals surface area (Å²) in [6, 6.07) is 19.2. The quantitative estimate of drug-likeness (QED) is 0.813. The zero-order valence-corrected chi connectivity index (χ0v) is 15.8. The van der Waals surface area contributed by atoms with E-state index < -0.39 is 6.09 Å². The monoisotopic (exact) mass is 362 g/mol. The first kappa shape index (κ1) is 17.8. The minimum atomic E-state index is -0.798. The Morgan fingerprint density at radius 2 is 1.70 bits per heavy atom. The first-order valence-electron chi connectivity index (χ1n) is 9.78. The van der Waals surface area contributed by atoms with Crippen molar-refractivity contribution in [1.29, 1.82) is 0 Å². The van der Waals surface area contributed by atoms with Gasteiger partial charge in [0.05, 0.1) is 6.04 Å². The number of nitrogens with zero attached hydrogens (tertiary/aromatic N) is 2. The van der Waals surface area contributed by atoms with Crippen LogP contribution in [0.5, 0.6) is 0 Å². The number of likely N-dealkylation sites (tertiary alicyclic amines) is 1. The van der Waals surface area contributed by atoms with Crippen molar-refractivity contribution >= 4 is 11.8 Å². The molecule has 1 saturated heterocycles. The van der Waals surface area contributed by atoms with Gasteiger partial charge in [-0.3, -0.25) is 4.99 Å². The second-order valence-corrected chi connectivity index (χ2v) is 7.76. The third kappa shape index (κ3) is 3.36. The molecular formula is C23H26N2O2. The third-order valence-electron chi connectivity index (χ3n) is 6.27. The van der Waals surface area contributed by atoms with E-state index in [1.165, 1.54) is 22.4 Å². The average Bonchev–Trinajstić information content (AvgIpc) is 2.71. The minimum Gasteiger partial charge on any atom is -0.465 e. The van der Waals surface area contributed by atoms with Gasteiger partial charge in [-0.25, -0.2) is 4.79 Å². The largest absolute Gasteiger partial charge is 0.465 e. The third-order valence-corrected chi connectivity index (χ3v) is 6.27. The summed E-state index contributed by atoms with van der Waals surface area (Å²) in [5, 5.41) is 9.28. The Morgan fingerprint density at radius 3 is 2.41 bits per heavy atom. The second-order valence-electron chi connectivity index (χ2n) is 7.76. The maximum absolute atomic E-state index is 11.3. The summed E-state index contributed by atoms with van der Waals surface area (Å²) in [5.74, 6) is 0. The zero-order chi connectivity index (χ0) is 18.9. The van der Waals surface area contributed by atoms with Crippen molar-refractivity contribution in [1.82, 2.24) is 4.90 Å². The van der Waals surface area contributed by atoms with Crippen LogP contribution in [-0.2, 0) is 5.41 Å². The molecule has 1 amide bonds. The lowest BCUT2D eigenvalue weighted by molar-refractivity contribution is 0.113. The SMILES string of the molecule is CC(N=C1CCC2(CCN(C(=O)O)CC2)c2ccccc21)c1ccccc1. The zero-order valence-electron chi connectivity index (χ0n) is 15.8. The Morgan fingerprint density at radius 1 is 1.04 bits per heavy atom. The molecule has 4 nitrogen and oxygen atoms in total. The van der Waals surface area contributed by atoms with E-state index in [9.17, 15) is 9.90 Å². The van der Waals surface area contributed by atoms with E-state index in [-0.39, 0.29) is 11.5 Å². The highest BCUT2D eigenvalue weighted by atomic mass is 16.4. The fourth-order valence-electron chi connectivity index (χ4n) is 4.64. The molecule has 1 aliphatic heterocycles. The Balaban J connectivity index is 1.64. The van der Waals surface area contributed by atoms with E-state index >= 15 is 0 Å². The number of hydrogen-bond donors (Lipinski definition) is 1. The van der Waals surface area contributed by atoms with Gasteiger partial charge < -0.3 is 10.0 Å². The van der Waals surface area contributed by atoms with E-state index in [4.69, 9.17) is 4.99 Å². The standard InChI is InChI=1S/C23H26N2O2/c1-17(18-7-3-2-4-8-18)24-21-11-12-23(20-10-6-5-9-19(20)21)13-15-25(16-14-23)22(26)27/h2-10,17H,11-16H2,1H3,(H,26,27). The fraction of sp³-hybridized carbons (Fsp3) is 0.391. The van der Waals surface area contributed by atoms with Crippen molar-refractivity contribution in [3.8, 4) is 0 Å². The number of aliphatic imine (C=N–C) groups is 1. The number of benzene rings is 2. The number of carbonyl (C=O) groups is 1. The van der Waals surface area contributed by atoms with Crippen molar-refractivity contribution in [3.63, 3.8) is 0 Å². The van der Waals surface area contributed by atoms with Gasteiger partial charge in [-0.1, -0.05) is 54.6 Å². The van der Waals surface area contributed by atoms with Crippen LogP contribution in [0.1, 0.15) is 55.3 Å². The molecule has 4 rings (SSSR count). The Bertz CT molecular complexity index is 852. The average molecular weight is 362 g/mol. The van der Waals surface area contributed by atoms with Crippen molar-refractivity contribution in [3.05, 3.63) is 71.3 Å². The van der Waals surface area contributed by atoms with Crippen LogP contribution in [0.15, 0.2) is 59.6 Å². The Labute approximate surface area is 160 Å². The van der Waals surface area contributed by atoms with Crippen LogP contribution < -0.4 is 0 Å². The number of hydrogen-bond acceptors (Lipinski definition) is 2. The summed E-state index contributed by atoms with van der Waals surface area (Å²) in [6.45, 7) is 3.40. The first-order chi connectivity index (χ1) is 13.1. The van der Waals surface area contributed by atoms with Crippen LogP contribution in [0.3, 0.4) is 0 Å². The van der Waals surface area contributed by atoms with Gasteiger partial charge in [0, 0.05) is 18.8 Å². The highest BCUT2D eigenvalue weighted by molar-refractivity contribution is 6.03. The van der Waals surface area contributed by atoms with E-state index in [1.54, 1.807) is 4.90 Å². The number of carboxylic acid groups (broad SMARTS) is 1. The van der Waals surface area contributed by atoms with Crippen molar-refractivity contribution in [2.45, 2.75) is 44.1 Å². The Hall–Kier alpha value is -2.62. The molecular weight excluding hydrogens is 336 g/mol. The predicted molar refractivity (Wildman–Crippen MR) is 108 cm³/mol. The maximum atomic E-state index is 11.3. The molecule has 2 aliphatic rings. The van der Waals surface area contributed by atoms with Crippen LogP contribution >= 0.6 is 0 Å². The van der Waals surface area contributed by atoms with Crippen LogP contribution in [0.4, 0.5) is 4.79 Å². The molecule has 0 radical (unpaired) electrons. The summed E-state index contributed by atoms with van der Waals surface area (Å²) >= 11 is 0. The van der Waals surface area contributed by atoms with E-state index in [0.717, 1.165) is 25.7 Å². The van der Waals surface area contributed by atoms with Gasteiger partial charge in [0.1, 0.15) is 0 Å². The predicted octanol–water partition coefficient (Wildman–Crippen LogP) is 5.04. The summed E-state index contributed by atoms with van der Waals surface area (Å²) in [7, 11) is 0. The van der Waals surface area contributed by atoms with Crippen LogP contribution in [-0.4, -0.2) is 34.9 Å². The first-order valence-corrected chi connectivity index (χ1v) is 9.78. The number of amides is 1. The lowest BCUT2D eigenvalue weighted by Crippen LogP contribution is -2.46. The highest BCUT2D eigenvalue weighted by Crippen LogP contribution is 2.45. The summed E-state index contributed by atoms with van der Waals surface area (Å²) in [5.41, 5.74) is 5.14. The summed E-state index contributed by atoms with van der Waals surface area (Å²) in [6.07, 6.45) is 3.02. The fourth-order valence-corrected chi connectivity index (χ4v) is 4.64. The Kier molecular flexibility index (Phi) is 4.73. The van der Waals surface area contributed by atoms with E-state index in [2.05, 4.69) is 55.5 Å². The van der Waals surface area contributed by atoms with E-state index in [1.807, 2.05) is 6.07 Å². The molecule has 0 aromatic heterocycles. The van der Waals surface area contributed by atoms with Crippen molar-refractivity contribution in [2.75, 3.05) is 13.1 Å². The summed E-state index contributed by atoms with van der Waals surface area (Å²) in [4.78, 5) is 17.9. The molecule has 1 spiro atoms. The molecule has 1 N–H and O–H groups in total. The number of fused-ring (bicyclic) bond motifs is 2. The topological polar surface area (TPSA) is 52.9 Å². The summed E-state index contributed by atoms with van der Waals surface area (Å²) < 4.78 is 0. The van der Waals surface area contributed by atoms with E-state index in [0.29, 0.717) is 13.1 Å². The molecule has 27 heavy (non-hydrogen) atoms. The molecule has 0 bridgehead atoms. The van der Waals surface area contributed by atoms with Gasteiger partial charge in [-0.15, -0.1) is 0 Å². The molecule has 4 heteroatoms. The van der Waals surface area contributed by atoms with Gasteiger partial charge in [0.15, 0.2) is 0 Å². The molecule has 2 aromatic carbocycles. The van der Waals surface area contributed by atoms with Crippen molar-refractivity contribution < 1.29 is 9.90 Å². The second kappa shape index (κ2) is 7.18.